The SMILES string of the molecule is O=C(Nc1nc2ccccc2n1CCc1ccccn1)c1cccc(Cl)c1O. The summed E-state index contributed by atoms with van der Waals surface area (Å²) in [5, 5.41) is 13.0. The van der Waals surface area contributed by atoms with E-state index in [9.17, 15) is 9.90 Å². The molecule has 0 fully saturated rings. The maximum absolute atomic E-state index is 12.7. The van der Waals surface area contributed by atoms with Gasteiger partial charge in [0.1, 0.15) is 5.75 Å². The second-order valence-electron chi connectivity index (χ2n) is 6.24. The Kier molecular flexibility index (Phi) is 4.95. The van der Waals surface area contributed by atoms with Crippen LogP contribution in [0.4, 0.5) is 5.95 Å². The van der Waals surface area contributed by atoms with Crippen molar-refractivity contribution in [2.24, 2.45) is 0 Å². The van der Waals surface area contributed by atoms with Crippen LogP contribution in [0.1, 0.15) is 16.1 Å². The number of benzene rings is 2. The van der Waals surface area contributed by atoms with Gasteiger partial charge in [-0.1, -0.05) is 35.9 Å². The summed E-state index contributed by atoms with van der Waals surface area (Å²) in [4.78, 5) is 21.6. The van der Waals surface area contributed by atoms with Gasteiger partial charge in [-0.2, -0.15) is 0 Å². The molecular formula is C21H17ClN4O2. The summed E-state index contributed by atoms with van der Waals surface area (Å²) in [6.07, 6.45) is 2.44. The van der Waals surface area contributed by atoms with E-state index in [1.807, 2.05) is 47.0 Å². The summed E-state index contributed by atoms with van der Waals surface area (Å²) in [5.41, 5.74) is 2.72. The molecule has 0 spiro atoms. The maximum atomic E-state index is 12.7. The number of anilines is 1. The third kappa shape index (κ3) is 3.54. The van der Waals surface area contributed by atoms with Crippen molar-refractivity contribution in [3.05, 3.63) is 83.1 Å². The molecule has 2 heterocycles. The highest BCUT2D eigenvalue weighted by Gasteiger charge is 2.18. The molecule has 7 heteroatoms. The number of carbonyl (C=O) groups excluding carboxylic acids is 1. The van der Waals surface area contributed by atoms with Crippen molar-refractivity contribution in [2.75, 3.05) is 5.32 Å². The molecule has 0 aliphatic carbocycles. The number of phenolic OH excluding ortho intramolecular Hbond substituents is 1. The minimum Gasteiger partial charge on any atom is -0.506 e. The Bertz CT molecular complexity index is 1140. The minimum atomic E-state index is -0.477. The average Bonchev–Trinajstić information content (AvgIpc) is 3.06. The Morgan fingerprint density at radius 3 is 2.71 bits per heavy atom. The second kappa shape index (κ2) is 7.70. The lowest BCUT2D eigenvalue weighted by Gasteiger charge is -2.11. The number of imidazole rings is 1. The molecule has 0 atom stereocenters. The Morgan fingerprint density at radius 2 is 1.89 bits per heavy atom. The highest BCUT2D eigenvalue weighted by Crippen LogP contribution is 2.28. The van der Waals surface area contributed by atoms with Crippen LogP contribution in [0.15, 0.2) is 66.9 Å². The molecule has 28 heavy (non-hydrogen) atoms. The fraction of sp³-hybridized carbons (Fsp3) is 0.0952. The number of halogens is 1. The van der Waals surface area contributed by atoms with Crippen molar-refractivity contribution >= 4 is 34.5 Å². The molecule has 1 amide bonds. The Labute approximate surface area is 166 Å². The smallest absolute Gasteiger partial charge is 0.261 e. The molecule has 4 rings (SSSR count). The molecule has 0 aliphatic rings. The first-order valence-electron chi connectivity index (χ1n) is 8.77. The first kappa shape index (κ1) is 18.0. The third-order valence-corrected chi connectivity index (χ3v) is 4.73. The van der Waals surface area contributed by atoms with Gasteiger partial charge in [0, 0.05) is 24.9 Å². The van der Waals surface area contributed by atoms with Gasteiger partial charge in [0.2, 0.25) is 5.95 Å². The standard InChI is InChI=1S/C21H17ClN4O2/c22-16-8-5-7-15(19(16)27)20(28)25-21-24-17-9-1-2-10-18(17)26(21)13-11-14-6-3-4-12-23-14/h1-10,12,27H,11,13H2,(H,24,25,28). The molecule has 2 N–H and O–H groups in total. The van der Waals surface area contributed by atoms with Crippen molar-refractivity contribution in [3.63, 3.8) is 0 Å². The van der Waals surface area contributed by atoms with Crippen LogP contribution in [0, 0.1) is 0 Å². The number of aromatic hydroxyl groups is 1. The van der Waals surface area contributed by atoms with E-state index in [1.165, 1.54) is 12.1 Å². The normalized spacial score (nSPS) is 10.9. The fourth-order valence-electron chi connectivity index (χ4n) is 3.04. The quantitative estimate of drug-likeness (QED) is 0.531. The van der Waals surface area contributed by atoms with Gasteiger partial charge in [0.15, 0.2) is 0 Å². The van der Waals surface area contributed by atoms with E-state index >= 15 is 0 Å². The number of carbonyl (C=O) groups is 1. The summed E-state index contributed by atoms with van der Waals surface area (Å²) in [6, 6.07) is 18.1. The summed E-state index contributed by atoms with van der Waals surface area (Å²) in [6.45, 7) is 0.592. The molecule has 2 aromatic carbocycles. The first-order valence-corrected chi connectivity index (χ1v) is 9.15. The van der Waals surface area contributed by atoms with Crippen molar-refractivity contribution in [2.45, 2.75) is 13.0 Å². The molecule has 0 bridgehead atoms. The summed E-state index contributed by atoms with van der Waals surface area (Å²) in [7, 11) is 0. The summed E-state index contributed by atoms with van der Waals surface area (Å²) >= 11 is 5.92. The van der Waals surface area contributed by atoms with Crippen LogP contribution in [0.2, 0.25) is 5.02 Å². The highest BCUT2D eigenvalue weighted by atomic mass is 35.5. The van der Waals surface area contributed by atoms with Crippen LogP contribution in [-0.2, 0) is 13.0 Å². The molecule has 0 aliphatic heterocycles. The van der Waals surface area contributed by atoms with Gasteiger partial charge in [-0.15, -0.1) is 0 Å². The maximum Gasteiger partial charge on any atom is 0.261 e. The number of aromatic nitrogens is 3. The van der Waals surface area contributed by atoms with Gasteiger partial charge in [-0.05, 0) is 36.4 Å². The van der Waals surface area contributed by atoms with Crippen LogP contribution >= 0.6 is 11.6 Å². The number of nitrogens with one attached hydrogen (secondary N) is 1. The van der Waals surface area contributed by atoms with E-state index in [0.717, 1.165) is 16.7 Å². The van der Waals surface area contributed by atoms with Crippen LogP contribution in [0.3, 0.4) is 0 Å². The van der Waals surface area contributed by atoms with E-state index in [1.54, 1.807) is 12.3 Å². The van der Waals surface area contributed by atoms with Crippen LogP contribution < -0.4 is 5.32 Å². The predicted molar refractivity (Wildman–Crippen MR) is 109 cm³/mol. The van der Waals surface area contributed by atoms with E-state index in [-0.39, 0.29) is 16.3 Å². The molecule has 4 aromatic rings. The topological polar surface area (TPSA) is 80.0 Å². The second-order valence-corrected chi connectivity index (χ2v) is 6.64. The zero-order valence-corrected chi connectivity index (χ0v) is 15.6. The van der Waals surface area contributed by atoms with Crippen LogP contribution in [0.25, 0.3) is 11.0 Å². The lowest BCUT2D eigenvalue weighted by Crippen LogP contribution is -2.17. The van der Waals surface area contributed by atoms with Gasteiger partial charge in [0.05, 0.1) is 21.6 Å². The Hall–Kier alpha value is -3.38. The average molecular weight is 393 g/mol. The van der Waals surface area contributed by atoms with Crippen LogP contribution in [-0.4, -0.2) is 25.5 Å². The molecule has 0 radical (unpaired) electrons. The molecule has 6 nitrogen and oxygen atoms in total. The number of fused-ring (bicyclic) bond motifs is 1. The van der Waals surface area contributed by atoms with Crippen molar-refractivity contribution in [1.82, 2.24) is 14.5 Å². The zero-order chi connectivity index (χ0) is 19.5. The number of hydrogen-bond acceptors (Lipinski definition) is 4. The van der Waals surface area contributed by atoms with Gasteiger partial charge < -0.3 is 9.67 Å². The van der Waals surface area contributed by atoms with Gasteiger partial charge in [0.25, 0.3) is 5.91 Å². The minimum absolute atomic E-state index is 0.0934. The van der Waals surface area contributed by atoms with E-state index in [2.05, 4.69) is 15.3 Å². The molecule has 0 saturated heterocycles. The molecule has 140 valence electrons. The van der Waals surface area contributed by atoms with Gasteiger partial charge in [-0.25, -0.2) is 4.98 Å². The monoisotopic (exact) mass is 392 g/mol. The number of phenols is 1. The van der Waals surface area contributed by atoms with E-state index in [4.69, 9.17) is 11.6 Å². The Balaban J connectivity index is 1.66. The van der Waals surface area contributed by atoms with Crippen LogP contribution in [0.5, 0.6) is 5.75 Å². The molecule has 2 aromatic heterocycles. The molecule has 0 unspecified atom stereocenters. The number of hydrogen-bond donors (Lipinski definition) is 2. The van der Waals surface area contributed by atoms with Gasteiger partial charge in [-0.3, -0.25) is 15.1 Å². The number of aryl methyl sites for hydroxylation is 2. The predicted octanol–water partition coefficient (Wildman–Crippen LogP) is 4.29. The number of para-hydroxylation sites is 3. The molecular weight excluding hydrogens is 376 g/mol. The zero-order valence-electron chi connectivity index (χ0n) is 14.8. The van der Waals surface area contributed by atoms with Crippen molar-refractivity contribution in [3.8, 4) is 5.75 Å². The summed E-state index contributed by atoms with van der Waals surface area (Å²) in [5.74, 6) is -0.325. The number of rotatable bonds is 5. The van der Waals surface area contributed by atoms with Gasteiger partial charge >= 0.3 is 0 Å². The first-order chi connectivity index (χ1) is 13.6. The lowest BCUT2D eigenvalue weighted by molar-refractivity contribution is 0.102. The fourth-order valence-corrected chi connectivity index (χ4v) is 3.21. The number of pyridine rings is 1. The lowest BCUT2D eigenvalue weighted by atomic mass is 10.2. The third-order valence-electron chi connectivity index (χ3n) is 4.43. The number of amides is 1. The molecule has 0 saturated carbocycles. The number of nitrogens with zero attached hydrogens (tertiary/aromatic N) is 3. The van der Waals surface area contributed by atoms with E-state index in [0.29, 0.717) is 18.9 Å². The van der Waals surface area contributed by atoms with Crippen molar-refractivity contribution < 1.29 is 9.90 Å². The Morgan fingerprint density at radius 1 is 1.07 bits per heavy atom. The largest absolute Gasteiger partial charge is 0.506 e. The summed E-state index contributed by atoms with van der Waals surface area (Å²) < 4.78 is 1.93. The van der Waals surface area contributed by atoms with E-state index < -0.39 is 5.91 Å². The highest BCUT2D eigenvalue weighted by molar-refractivity contribution is 6.32. The van der Waals surface area contributed by atoms with Crippen molar-refractivity contribution in [1.29, 1.82) is 0 Å².